The SMILES string of the molecule is Cc1ccc(C)c(S(=O)(=O)c2c(N)n(/N=C\c3ccc(N(C)C)cc3)c3nc4ccccc4nc23)c1. The molecule has 0 aliphatic carbocycles. The van der Waals surface area contributed by atoms with E-state index in [-0.39, 0.29) is 26.8 Å². The zero-order valence-electron chi connectivity index (χ0n) is 20.5. The summed E-state index contributed by atoms with van der Waals surface area (Å²) in [6, 6.07) is 20.4. The number of anilines is 2. The highest BCUT2D eigenvalue weighted by atomic mass is 32.2. The average Bonchev–Trinajstić information content (AvgIpc) is 3.13. The highest BCUT2D eigenvalue weighted by Crippen LogP contribution is 2.36. The van der Waals surface area contributed by atoms with Gasteiger partial charge in [-0.05, 0) is 60.9 Å². The van der Waals surface area contributed by atoms with Crippen LogP contribution in [-0.2, 0) is 9.84 Å². The van der Waals surface area contributed by atoms with E-state index in [1.165, 1.54) is 4.68 Å². The smallest absolute Gasteiger partial charge is 0.212 e. The van der Waals surface area contributed by atoms with E-state index in [0.717, 1.165) is 16.8 Å². The lowest BCUT2D eigenvalue weighted by atomic mass is 10.2. The number of rotatable bonds is 5. The van der Waals surface area contributed by atoms with Crippen LogP contribution in [0.2, 0.25) is 0 Å². The van der Waals surface area contributed by atoms with E-state index < -0.39 is 9.84 Å². The first-order valence-electron chi connectivity index (χ1n) is 11.4. The summed E-state index contributed by atoms with van der Waals surface area (Å²) >= 11 is 0. The third-order valence-electron chi connectivity index (χ3n) is 6.06. The molecule has 2 N–H and O–H groups in total. The van der Waals surface area contributed by atoms with E-state index in [1.54, 1.807) is 31.3 Å². The van der Waals surface area contributed by atoms with Gasteiger partial charge in [-0.3, -0.25) is 0 Å². The van der Waals surface area contributed by atoms with Gasteiger partial charge in [0.15, 0.2) is 5.65 Å². The second-order valence-electron chi connectivity index (χ2n) is 8.91. The van der Waals surface area contributed by atoms with Gasteiger partial charge in [0.2, 0.25) is 9.84 Å². The van der Waals surface area contributed by atoms with E-state index >= 15 is 0 Å². The van der Waals surface area contributed by atoms with Crippen LogP contribution in [0.1, 0.15) is 16.7 Å². The third kappa shape index (κ3) is 3.97. The Bertz CT molecular complexity index is 1750. The quantitative estimate of drug-likeness (QED) is 0.356. The molecule has 182 valence electrons. The average molecular weight is 499 g/mol. The highest BCUT2D eigenvalue weighted by molar-refractivity contribution is 7.92. The van der Waals surface area contributed by atoms with Crippen molar-refractivity contribution >= 4 is 49.8 Å². The first-order chi connectivity index (χ1) is 17.2. The number of fused-ring (bicyclic) bond motifs is 2. The summed E-state index contributed by atoms with van der Waals surface area (Å²) in [7, 11) is -0.0853. The summed E-state index contributed by atoms with van der Waals surface area (Å²) in [6.45, 7) is 3.61. The van der Waals surface area contributed by atoms with E-state index in [9.17, 15) is 8.42 Å². The van der Waals surface area contributed by atoms with Crippen molar-refractivity contribution in [2.24, 2.45) is 5.10 Å². The number of hydrogen-bond donors (Lipinski definition) is 1. The Morgan fingerprint density at radius 3 is 2.28 bits per heavy atom. The first kappa shape index (κ1) is 23.5. The van der Waals surface area contributed by atoms with Crippen LogP contribution >= 0.6 is 0 Å². The Labute approximate surface area is 209 Å². The summed E-state index contributed by atoms with van der Waals surface area (Å²) in [5, 5.41) is 4.54. The van der Waals surface area contributed by atoms with Crippen LogP contribution in [0, 0.1) is 13.8 Å². The molecule has 9 heteroatoms. The standard InChI is InChI=1S/C27H26N6O2S/c1-17-9-10-18(2)23(15-17)36(34,35)25-24-27(31-22-8-6-5-7-21(22)30-24)33(26(25)28)29-16-19-11-13-20(14-12-19)32(3)4/h5-16H,28H2,1-4H3/b29-16-. The highest BCUT2D eigenvalue weighted by Gasteiger charge is 2.31. The van der Waals surface area contributed by atoms with Crippen molar-refractivity contribution in [1.29, 1.82) is 0 Å². The Balaban J connectivity index is 1.75. The Kier molecular flexibility index (Phi) is 5.72. The number of benzene rings is 3. The number of aromatic nitrogens is 3. The molecule has 0 radical (unpaired) electrons. The van der Waals surface area contributed by atoms with Crippen LogP contribution in [0.4, 0.5) is 11.5 Å². The number of para-hydroxylation sites is 2. The normalized spacial score (nSPS) is 12.1. The fourth-order valence-electron chi connectivity index (χ4n) is 4.09. The van der Waals surface area contributed by atoms with E-state index in [4.69, 9.17) is 10.7 Å². The molecule has 5 aromatic rings. The van der Waals surface area contributed by atoms with Gasteiger partial charge in [-0.15, -0.1) is 0 Å². The van der Waals surface area contributed by atoms with Gasteiger partial charge in [0.25, 0.3) is 0 Å². The molecule has 0 amide bonds. The van der Waals surface area contributed by atoms with Crippen molar-refractivity contribution in [3.05, 3.63) is 83.4 Å². The lowest BCUT2D eigenvalue weighted by Gasteiger charge is -2.11. The van der Waals surface area contributed by atoms with Crippen molar-refractivity contribution in [3.63, 3.8) is 0 Å². The minimum absolute atomic E-state index is 0.0395. The zero-order valence-corrected chi connectivity index (χ0v) is 21.3. The van der Waals surface area contributed by atoms with Crippen molar-refractivity contribution < 1.29 is 8.42 Å². The Morgan fingerprint density at radius 2 is 1.61 bits per heavy atom. The van der Waals surface area contributed by atoms with Gasteiger partial charge in [0.1, 0.15) is 16.2 Å². The van der Waals surface area contributed by atoms with Crippen molar-refractivity contribution in [2.75, 3.05) is 24.7 Å². The summed E-state index contributed by atoms with van der Waals surface area (Å²) < 4.78 is 29.3. The molecule has 2 heterocycles. The van der Waals surface area contributed by atoms with Crippen LogP contribution in [0.25, 0.3) is 22.2 Å². The monoisotopic (exact) mass is 498 g/mol. The fourth-order valence-corrected chi connectivity index (χ4v) is 5.90. The molecule has 0 atom stereocenters. The van der Waals surface area contributed by atoms with Gasteiger partial charge < -0.3 is 10.6 Å². The lowest BCUT2D eigenvalue weighted by Crippen LogP contribution is -2.08. The summed E-state index contributed by atoms with van der Waals surface area (Å²) in [5.41, 5.74) is 11.5. The zero-order chi connectivity index (χ0) is 25.6. The molecule has 2 aromatic heterocycles. The predicted octanol–water partition coefficient (Wildman–Crippen LogP) is 4.56. The number of hydrogen-bond acceptors (Lipinski definition) is 7. The van der Waals surface area contributed by atoms with Crippen molar-refractivity contribution in [2.45, 2.75) is 23.6 Å². The summed E-state index contributed by atoms with van der Waals surface area (Å²) in [5.74, 6) is -0.0395. The molecule has 36 heavy (non-hydrogen) atoms. The molecule has 0 fully saturated rings. The van der Waals surface area contributed by atoms with Gasteiger partial charge in [-0.25, -0.2) is 18.4 Å². The van der Waals surface area contributed by atoms with Gasteiger partial charge in [0, 0.05) is 19.8 Å². The van der Waals surface area contributed by atoms with Crippen LogP contribution in [-0.4, -0.2) is 43.4 Å². The van der Waals surface area contributed by atoms with Gasteiger partial charge in [-0.2, -0.15) is 9.78 Å². The van der Waals surface area contributed by atoms with E-state index in [1.807, 2.05) is 74.4 Å². The molecule has 0 saturated heterocycles. The molecule has 8 nitrogen and oxygen atoms in total. The molecular weight excluding hydrogens is 472 g/mol. The molecule has 0 aliphatic heterocycles. The largest absolute Gasteiger partial charge is 0.382 e. The van der Waals surface area contributed by atoms with Crippen LogP contribution in [0.15, 0.2) is 81.6 Å². The van der Waals surface area contributed by atoms with Gasteiger partial charge >= 0.3 is 0 Å². The van der Waals surface area contributed by atoms with Crippen LogP contribution in [0.5, 0.6) is 0 Å². The lowest BCUT2D eigenvalue weighted by molar-refractivity contribution is 0.596. The molecular formula is C27H26N6O2S. The number of sulfone groups is 1. The number of nitrogen functional groups attached to an aromatic ring is 1. The number of nitrogens with zero attached hydrogens (tertiary/aromatic N) is 5. The number of aryl methyl sites for hydroxylation is 2. The molecule has 0 aliphatic rings. The topological polar surface area (TPSA) is 106 Å². The molecule has 0 saturated carbocycles. The molecule has 0 spiro atoms. The first-order valence-corrected chi connectivity index (χ1v) is 12.9. The van der Waals surface area contributed by atoms with Crippen molar-refractivity contribution in [3.8, 4) is 0 Å². The Hall–Kier alpha value is -4.24. The second kappa shape index (κ2) is 8.76. The Morgan fingerprint density at radius 1 is 0.944 bits per heavy atom. The van der Waals surface area contributed by atoms with E-state index in [0.29, 0.717) is 16.6 Å². The van der Waals surface area contributed by atoms with Crippen LogP contribution in [0.3, 0.4) is 0 Å². The predicted molar refractivity (Wildman–Crippen MR) is 145 cm³/mol. The van der Waals surface area contributed by atoms with Crippen molar-refractivity contribution in [1.82, 2.24) is 14.6 Å². The second-order valence-corrected chi connectivity index (χ2v) is 10.8. The fraction of sp³-hybridized carbons (Fsp3) is 0.148. The number of nitrogens with two attached hydrogens (primary N) is 1. The van der Waals surface area contributed by atoms with Gasteiger partial charge in [-0.1, -0.05) is 36.4 Å². The van der Waals surface area contributed by atoms with E-state index in [2.05, 4.69) is 10.1 Å². The maximum Gasteiger partial charge on any atom is 0.212 e. The van der Waals surface area contributed by atoms with Crippen LogP contribution < -0.4 is 10.6 Å². The maximum absolute atomic E-state index is 13.9. The maximum atomic E-state index is 13.9. The minimum atomic E-state index is -4.02. The molecule has 0 unspecified atom stereocenters. The summed E-state index contributed by atoms with van der Waals surface area (Å²) in [6.07, 6.45) is 1.63. The molecule has 3 aromatic carbocycles. The molecule has 5 rings (SSSR count). The minimum Gasteiger partial charge on any atom is -0.382 e. The summed E-state index contributed by atoms with van der Waals surface area (Å²) in [4.78, 5) is 11.5. The molecule has 0 bridgehead atoms. The van der Waals surface area contributed by atoms with Gasteiger partial charge in [0.05, 0.1) is 22.1 Å². The third-order valence-corrected chi connectivity index (χ3v) is 8.02.